The Hall–Kier alpha value is -3.26. The SMILES string of the molecule is Cc1ccc(C2/C(=N/C(C)C(=O)O)NC(=S)N2c2ccc3[nH]cnc3c2)cc1. The van der Waals surface area contributed by atoms with Crippen LogP contribution in [0, 0.1) is 6.92 Å². The predicted molar refractivity (Wildman–Crippen MR) is 113 cm³/mol. The molecule has 0 amide bonds. The summed E-state index contributed by atoms with van der Waals surface area (Å²) in [5, 5.41) is 12.9. The topological polar surface area (TPSA) is 93.6 Å². The van der Waals surface area contributed by atoms with Crippen molar-refractivity contribution in [2.24, 2.45) is 4.99 Å². The van der Waals surface area contributed by atoms with Crippen LogP contribution in [0.3, 0.4) is 0 Å². The van der Waals surface area contributed by atoms with Crippen LogP contribution in [0.1, 0.15) is 24.1 Å². The Labute approximate surface area is 167 Å². The second kappa shape index (κ2) is 7.05. The molecule has 8 heteroatoms. The summed E-state index contributed by atoms with van der Waals surface area (Å²) in [6, 6.07) is 12.7. The largest absolute Gasteiger partial charge is 0.480 e. The number of amidine groups is 1. The van der Waals surface area contributed by atoms with Crippen molar-refractivity contribution in [1.82, 2.24) is 15.3 Å². The normalized spacial score (nSPS) is 19.2. The molecule has 1 aliphatic heterocycles. The molecule has 2 unspecified atom stereocenters. The number of carboxylic acid groups (broad SMARTS) is 1. The van der Waals surface area contributed by atoms with E-state index in [0.717, 1.165) is 27.8 Å². The lowest BCUT2D eigenvalue weighted by Crippen LogP contribution is -2.29. The molecule has 1 fully saturated rings. The molecule has 3 aromatic rings. The number of benzene rings is 2. The van der Waals surface area contributed by atoms with Crippen molar-refractivity contribution in [3.05, 3.63) is 59.9 Å². The van der Waals surface area contributed by atoms with E-state index in [2.05, 4.69) is 20.3 Å². The first-order valence-corrected chi connectivity index (χ1v) is 9.25. The number of nitrogens with one attached hydrogen (secondary N) is 2. The number of imidazole rings is 1. The molecule has 0 spiro atoms. The van der Waals surface area contributed by atoms with Gasteiger partial charge in [0.1, 0.15) is 17.9 Å². The minimum Gasteiger partial charge on any atom is -0.480 e. The standard InChI is InChI=1S/C20H19N5O2S/c1-11-3-5-13(6-4-11)17-18(23-12(2)19(26)27)24-20(28)25(17)14-7-8-15-16(9-14)22-10-21-15/h3-10,12,17H,1-2H3,(H,21,22)(H,26,27)(H,23,24,28). The third kappa shape index (κ3) is 3.22. The molecule has 0 aliphatic carbocycles. The summed E-state index contributed by atoms with van der Waals surface area (Å²) >= 11 is 5.58. The number of rotatable bonds is 4. The van der Waals surface area contributed by atoms with Crippen LogP contribution in [0.25, 0.3) is 11.0 Å². The number of aromatic amines is 1. The van der Waals surface area contributed by atoms with Gasteiger partial charge in [-0.3, -0.25) is 4.99 Å². The average Bonchev–Trinajstić information content (AvgIpc) is 3.25. The van der Waals surface area contributed by atoms with E-state index < -0.39 is 12.0 Å². The van der Waals surface area contributed by atoms with Gasteiger partial charge in [0.15, 0.2) is 5.11 Å². The quantitative estimate of drug-likeness (QED) is 0.590. The fraction of sp³-hybridized carbons (Fsp3) is 0.200. The van der Waals surface area contributed by atoms with Crippen molar-refractivity contribution >= 4 is 45.9 Å². The van der Waals surface area contributed by atoms with Crippen molar-refractivity contribution in [2.45, 2.75) is 25.9 Å². The summed E-state index contributed by atoms with van der Waals surface area (Å²) in [5.41, 5.74) is 4.72. The van der Waals surface area contributed by atoms with Gasteiger partial charge in [0, 0.05) is 5.69 Å². The lowest BCUT2D eigenvalue weighted by molar-refractivity contribution is -0.137. The van der Waals surface area contributed by atoms with Crippen LogP contribution in [0.2, 0.25) is 0 Å². The first kappa shape index (κ1) is 18.1. The lowest BCUT2D eigenvalue weighted by atomic mass is 10.0. The highest BCUT2D eigenvalue weighted by atomic mass is 32.1. The second-order valence-corrected chi connectivity index (χ2v) is 7.13. The van der Waals surface area contributed by atoms with Gasteiger partial charge in [-0.05, 0) is 49.8 Å². The molecule has 1 aromatic heterocycles. The molecular weight excluding hydrogens is 374 g/mol. The summed E-state index contributed by atoms with van der Waals surface area (Å²) in [5.74, 6) is -0.467. The Balaban J connectivity index is 1.83. The van der Waals surface area contributed by atoms with Gasteiger partial charge >= 0.3 is 5.97 Å². The number of nitrogens with zero attached hydrogens (tertiary/aromatic N) is 3. The minimum absolute atomic E-state index is 0.341. The maximum absolute atomic E-state index is 11.3. The molecular formula is C20H19N5O2S. The molecule has 2 atom stereocenters. The number of aliphatic carboxylic acids is 1. The van der Waals surface area contributed by atoms with Gasteiger partial charge in [0.05, 0.1) is 17.4 Å². The summed E-state index contributed by atoms with van der Waals surface area (Å²) in [6.07, 6.45) is 1.65. The van der Waals surface area contributed by atoms with E-state index in [-0.39, 0.29) is 6.04 Å². The molecule has 28 heavy (non-hydrogen) atoms. The lowest BCUT2D eigenvalue weighted by Gasteiger charge is -2.25. The Kier molecular flexibility index (Phi) is 4.56. The number of aliphatic imine (C=N–C) groups is 1. The van der Waals surface area contributed by atoms with E-state index in [9.17, 15) is 9.90 Å². The van der Waals surface area contributed by atoms with Crippen LogP contribution >= 0.6 is 12.2 Å². The Bertz CT molecular complexity index is 1090. The number of carbonyl (C=O) groups is 1. The zero-order valence-electron chi connectivity index (χ0n) is 15.4. The highest BCUT2D eigenvalue weighted by Gasteiger charge is 2.37. The van der Waals surface area contributed by atoms with Gasteiger partial charge in [0.2, 0.25) is 0 Å². The number of aryl methyl sites for hydroxylation is 1. The Morgan fingerprint density at radius 2 is 2.04 bits per heavy atom. The summed E-state index contributed by atoms with van der Waals surface area (Å²) in [7, 11) is 0. The first-order valence-electron chi connectivity index (χ1n) is 8.84. The molecule has 2 aromatic carbocycles. The number of H-pyrrole nitrogens is 1. The Morgan fingerprint density at radius 1 is 1.29 bits per heavy atom. The van der Waals surface area contributed by atoms with E-state index in [1.165, 1.54) is 0 Å². The molecule has 142 valence electrons. The van der Waals surface area contributed by atoms with Crippen LogP contribution in [0.15, 0.2) is 53.8 Å². The van der Waals surface area contributed by atoms with Crippen LogP contribution in [-0.2, 0) is 4.79 Å². The van der Waals surface area contributed by atoms with E-state index in [4.69, 9.17) is 12.2 Å². The van der Waals surface area contributed by atoms with E-state index >= 15 is 0 Å². The van der Waals surface area contributed by atoms with Crippen LogP contribution in [0.4, 0.5) is 5.69 Å². The number of hydrogen-bond donors (Lipinski definition) is 3. The molecule has 1 saturated heterocycles. The van der Waals surface area contributed by atoms with Crippen LogP contribution in [-0.4, -0.2) is 38.0 Å². The van der Waals surface area contributed by atoms with Crippen molar-refractivity contribution in [3.63, 3.8) is 0 Å². The maximum Gasteiger partial charge on any atom is 0.328 e. The number of carboxylic acids is 1. The van der Waals surface area contributed by atoms with Crippen molar-refractivity contribution in [1.29, 1.82) is 0 Å². The van der Waals surface area contributed by atoms with E-state index in [1.807, 2.05) is 54.3 Å². The fourth-order valence-corrected chi connectivity index (χ4v) is 3.55. The maximum atomic E-state index is 11.3. The first-order chi connectivity index (χ1) is 13.4. The summed E-state index contributed by atoms with van der Waals surface area (Å²) in [6.45, 7) is 3.57. The highest BCUT2D eigenvalue weighted by molar-refractivity contribution is 7.80. The zero-order chi connectivity index (χ0) is 19.8. The minimum atomic E-state index is -0.987. The average molecular weight is 393 g/mol. The van der Waals surface area contributed by atoms with Gasteiger partial charge in [-0.2, -0.15) is 0 Å². The second-order valence-electron chi connectivity index (χ2n) is 6.75. The van der Waals surface area contributed by atoms with Crippen LogP contribution < -0.4 is 10.2 Å². The monoisotopic (exact) mass is 393 g/mol. The van der Waals surface area contributed by atoms with Crippen molar-refractivity contribution in [2.75, 3.05) is 4.90 Å². The third-order valence-corrected chi connectivity index (χ3v) is 5.04. The number of thiocarbonyl (C=S) groups is 1. The van der Waals surface area contributed by atoms with Crippen molar-refractivity contribution < 1.29 is 9.90 Å². The molecule has 4 rings (SSSR count). The molecule has 0 saturated carbocycles. The van der Waals surface area contributed by atoms with Gasteiger partial charge in [0.25, 0.3) is 0 Å². The molecule has 3 N–H and O–H groups in total. The van der Waals surface area contributed by atoms with Gasteiger partial charge in [-0.15, -0.1) is 0 Å². The Morgan fingerprint density at radius 3 is 2.75 bits per heavy atom. The highest BCUT2D eigenvalue weighted by Crippen LogP contribution is 2.33. The summed E-state index contributed by atoms with van der Waals surface area (Å²) < 4.78 is 0. The number of fused-ring (bicyclic) bond motifs is 1. The van der Waals surface area contributed by atoms with E-state index in [1.54, 1.807) is 13.3 Å². The van der Waals surface area contributed by atoms with Gasteiger partial charge < -0.3 is 20.3 Å². The number of aromatic nitrogens is 2. The smallest absolute Gasteiger partial charge is 0.328 e. The zero-order valence-corrected chi connectivity index (χ0v) is 16.2. The molecule has 0 radical (unpaired) electrons. The van der Waals surface area contributed by atoms with Crippen LogP contribution in [0.5, 0.6) is 0 Å². The molecule has 2 heterocycles. The van der Waals surface area contributed by atoms with Gasteiger partial charge in [-0.1, -0.05) is 29.8 Å². The predicted octanol–water partition coefficient (Wildman–Crippen LogP) is 3.18. The number of anilines is 1. The van der Waals surface area contributed by atoms with E-state index in [0.29, 0.717) is 10.9 Å². The molecule has 0 bridgehead atoms. The fourth-order valence-electron chi connectivity index (χ4n) is 3.24. The number of hydrogen-bond acceptors (Lipinski definition) is 4. The van der Waals surface area contributed by atoms with Gasteiger partial charge in [-0.25, -0.2) is 9.78 Å². The summed E-state index contributed by atoms with van der Waals surface area (Å²) in [4.78, 5) is 25.1. The molecule has 7 nitrogen and oxygen atoms in total. The molecule has 1 aliphatic rings. The van der Waals surface area contributed by atoms with Crippen molar-refractivity contribution in [3.8, 4) is 0 Å². The third-order valence-electron chi connectivity index (χ3n) is 4.74.